The summed E-state index contributed by atoms with van der Waals surface area (Å²) in [6, 6.07) is 5.47. The fraction of sp³-hybridized carbons (Fsp3) is 0.238. The van der Waals surface area contributed by atoms with Gasteiger partial charge in [-0.1, -0.05) is 6.07 Å². The van der Waals surface area contributed by atoms with Gasteiger partial charge < -0.3 is 19.9 Å². The topological polar surface area (TPSA) is 119 Å². The van der Waals surface area contributed by atoms with E-state index in [0.717, 1.165) is 13.0 Å². The minimum atomic E-state index is -1.33. The molecule has 2 rings (SSSR count). The first kappa shape index (κ1) is 24.8. The smallest absolute Gasteiger partial charge is 0.372 e. The van der Waals surface area contributed by atoms with Crippen LogP contribution < -0.4 is 10.1 Å². The molecular formula is C21H19F2NO7S. The summed E-state index contributed by atoms with van der Waals surface area (Å²) in [5.74, 6) is -4.89. The fourth-order valence-electron chi connectivity index (χ4n) is 2.57. The van der Waals surface area contributed by atoms with Crippen LogP contribution in [0.1, 0.15) is 24.2 Å². The Kier molecular flexibility index (Phi) is 8.71. The van der Waals surface area contributed by atoms with E-state index in [-0.39, 0.29) is 34.8 Å². The number of amides is 1. The molecule has 11 heteroatoms. The normalized spacial score (nSPS) is 11.4. The van der Waals surface area contributed by atoms with Crippen molar-refractivity contribution in [1.29, 1.82) is 0 Å². The van der Waals surface area contributed by atoms with Crippen molar-refractivity contribution in [1.82, 2.24) is 5.32 Å². The Hall–Kier alpha value is -3.47. The molecule has 0 aliphatic rings. The van der Waals surface area contributed by atoms with Gasteiger partial charge in [0.25, 0.3) is 0 Å². The summed E-state index contributed by atoms with van der Waals surface area (Å²) in [6.45, 7) is 2.72. The number of hydrogen-bond acceptors (Lipinski definition) is 7. The minimum Gasteiger partial charge on any atom is -0.480 e. The predicted octanol–water partition coefficient (Wildman–Crippen LogP) is 3.63. The third-order valence-corrected chi connectivity index (χ3v) is 4.77. The molecule has 32 heavy (non-hydrogen) atoms. The molecule has 0 aromatic heterocycles. The Balaban J connectivity index is 2.26. The van der Waals surface area contributed by atoms with Gasteiger partial charge in [0.1, 0.15) is 29.0 Å². The molecule has 0 saturated carbocycles. The first-order chi connectivity index (χ1) is 15.1. The van der Waals surface area contributed by atoms with E-state index in [9.17, 15) is 28.0 Å². The zero-order valence-corrected chi connectivity index (χ0v) is 17.8. The molecule has 0 bridgehead atoms. The lowest BCUT2D eigenvalue weighted by molar-refractivity contribution is -0.140. The molecule has 0 aliphatic heterocycles. The van der Waals surface area contributed by atoms with Crippen molar-refractivity contribution in [3.05, 3.63) is 53.6 Å². The van der Waals surface area contributed by atoms with Crippen LogP contribution in [0.3, 0.4) is 0 Å². The van der Waals surface area contributed by atoms with Crippen LogP contribution in [0.15, 0.2) is 36.4 Å². The molecule has 0 heterocycles. The van der Waals surface area contributed by atoms with Crippen LogP contribution in [0.2, 0.25) is 0 Å². The number of benzene rings is 2. The molecule has 0 aliphatic carbocycles. The van der Waals surface area contributed by atoms with Crippen molar-refractivity contribution in [2.75, 3.05) is 12.4 Å². The summed E-state index contributed by atoms with van der Waals surface area (Å²) in [6.07, 6.45) is 0. The maximum absolute atomic E-state index is 14.1. The molecule has 170 valence electrons. The van der Waals surface area contributed by atoms with E-state index in [1.165, 1.54) is 24.3 Å². The molecule has 1 atom stereocenters. The Labute approximate surface area is 185 Å². The molecule has 0 spiro atoms. The zero-order chi connectivity index (χ0) is 23.8. The van der Waals surface area contributed by atoms with Crippen molar-refractivity contribution in [3.63, 3.8) is 0 Å². The van der Waals surface area contributed by atoms with Crippen LogP contribution >= 0.6 is 11.8 Å². The van der Waals surface area contributed by atoms with Crippen molar-refractivity contribution < 1.29 is 42.5 Å². The number of carboxylic acid groups (broad SMARTS) is 1. The third-order valence-electron chi connectivity index (χ3n) is 3.95. The number of carboxylic acids is 1. The molecule has 0 radical (unpaired) electrons. The highest BCUT2D eigenvalue weighted by Crippen LogP contribution is 2.30. The number of thioether (sulfide) groups is 1. The van der Waals surface area contributed by atoms with Crippen LogP contribution in [0, 0.1) is 11.6 Å². The average Bonchev–Trinajstić information content (AvgIpc) is 2.71. The SMILES string of the molecule is CCOC(=O)c1cc(-c2ccc(F)cc2F)ccc1OC(=O)SC[C@@H](NC(C)=O)C(=O)O. The number of carbonyl (C=O) groups excluding carboxylic acids is 3. The highest BCUT2D eigenvalue weighted by atomic mass is 32.2. The second kappa shape index (κ2) is 11.2. The molecule has 2 aromatic carbocycles. The van der Waals surface area contributed by atoms with Crippen LogP contribution in [0.5, 0.6) is 5.75 Å². The first-order valence-corrected chi connectivity index (χ1v) is 10.2. The maximum Gasteiger partial charge on any atom is 0.372 e. The van der Waals surface area contributed by atoms with E-state index in [1.807, 2.05) is 0 Å². The lowest BCUT2D eigenvalue weighted by Gasteiger charge is -2.14. The molecule has 0 saturated heterocycles. The summed E-state index contributed by atoms with van der Waals surface area (Å²) >= 11 is 0.478. The number of esters is 1. The Bertz CT molecular complexity index is 1040. The molecular weight excluding hydrogens is 448 g/mol. The molecule has 0 fully saturated rings. The number of nitrogens with one attached hydrogen (secondary N) is 1. The lowest BCUT2D eigenvalue weighted by Crippen LogP contribution is -2.41. The summed E-state index contributed by atoms with van der Waals surface area (Å²) in [5, 5.41) is 10.3. The number of halogens is 2. The van der Waals surface area contributed by atoms with Crippen LogP contribution in [-0.2, 0) is 14.3 Å². The molecule has 8 nitrogen and oxygen atoms in total. The van der Waals surface area contributed by atoms with Crippen molar-refractivity contribution in [3.8, 4) is 16.9 Å². The highest BCUT2D eigenvalue weighted by Gasteiger charge is 2.23. The average molecular weight is 467 g/mol. The van der Waals surface area contributed by atoms with Gasteiger partial charge in [0.15, 0.2) is 0 Å². The quantitative estimate of drug-likeness (QED) is 0.565. The van der Waals surface area contributed by atoms with Gasteiger partial charge in [-0.25, -0.2) is 23.2 Å². The van der Waals surface area contributed by atoms with E-state index in [2.05, 4.69) is 5.32 Å². The Morgan fingerprint density at radius 1 is 1.12 bits per heavy atom. The predicted molar refractivity (Wildman–Crippen MR) is 111 cm³/mol. The van der Waals surface area contributed by atoms with E-state index in [4.69, 9.17) is 14.6 Å². The fourth-order valence-corrected chi connectivity index (χ4v) is 3.25. The summed E-state index contributed by atoms with van der Waals surface area (Å²) < 4.78 is 37.4. The number of ether oxygens (including phenoxy) is 2. The number of rotatable bonds is 8. The van der Waals surface area contributed by atoms with Gasteiger partial charge in [-0.05, 0) is 48.5 Å². The largest absolute Gasteiger partial charge is 0.480 e. The van der Waals surface area contributed by atoms with Gasteiger partial charge in [-0.2, -0.15) is 0 Å². The van der Waals surface area contributed by atoms with Crippen LogP contribution in [0.25, 0.3) is 11.1 Å². The molecule has 2 N–H and O–H groups in total. The Morgan fingerprint density at radius 3 is 2.44 bits per heavy atom. The molecule has 0 unspecified atom stereocenters. The first-order valence-electron chi connectivity index (χ1n) is 9.23. The van der Waals surface area contributed by atoms with Gasteiger partial charge in [0, 0.05) is 24.3 Å². The van der Waals surface area contributed by atoms with Gasteiger partial charge >= 0.3 is 17.2 Å². The second-order valence-electron chi connectivity index (χ2n) is 6.31. The van der Waals surface area contributed by atoms with Crippen molar-refractivity contribution >= 4 is 34.9 Å². The third kappa shape index (κ3) is 6.77. The monoisotopic (exact) mass is 467 g/mol. The van der Waals surface area contributed by atoms with E-state index < -0.39 is 40.8 Å². The number of carbonyl (C=O) groups is 4. The van der Waals surface area contributed by atoms with Crippen molar-refractivity contribution in [2.45, 2.75) is 19.9 Å². The van der Waals surface area contributed by atoms with Crippen molar-refractivity contribution in [2.24, 2.45) is 0 Å². The lowest BCUT2D eigenvalue weighted by atomic mass is 10.0. The van der Waals surface area contributed by atoms with Gasteiger partial charge in [-0.15, -0.1) is 0 Å². The minimum absolute atomic E-state index is 0.0174. The van der Waals surface area contributed by atoms with Gasteiger partial charge in [0.05, 0.1) is 6.61 Å². The standard InChI is InChI=1S/C21H19F2NO7S/c1-3-30-20(28)15-8-12(14-6-5-13(22)9-16(14)23)4-7-18(15)31-21(29)32-10-17(19(26)27)24-11(2)25/h4-9,17H,3,10H2,1-2H3,(H,24,25)(H,26,27)/t17-/m1/s1. The van der Waals surface area contributed by atoms with E-state index in [1.54, 1.807) is 6.92 Å². The molecule has 1 amide bonds. The molecule has 2 aromatic rings. The van der Waals surface area contributed by atoms with E-state index in [0.29, 0.717) is 17.8 Å². The summed E-state index contributed by atoms with van der Waals surface area (Å²) in [4.78, 5) is 46.7. The van der Waals surface area contributed by atoms with Gasteiger partial charge in [-0.3, -0.25) is 4.79 Å². The highest BCUT2D eigenvalue weighted by molar-refractivity contribution is 8.13. The summed E-state index contributed by atoms with van der Waals surface area (Å²) in [7, 11) is 0. The van der Waals surface area contributed by atoms with Gasteiger partial charge in [0.2, 0.25) is 5.91 Å². The maximum atomic E-state index is 14.1. The second-order valence-corrected chi connectivity index (χ2v) is 7.27. The number of hydrogen-bond donors (Lipinski definition) is 2. The zero-order valence-electron chi connectivity index (χ0n) is 17.0. The van der Waals surface area contributed by atoms with Crippen LogP contribution in [-0.4, -0.2) is 46.7 Å². The van der Waals surface area contributed by atoms with E-state index >= 15 is 0 Å². The Morgan fingerprint density at radius 2 is 1.84 bits per heavy atom. The summed E-state index contributed by atoms with van der Waals surface area (Å²) in [5.41, 5.74) is 0.0529. The number of aliphatic carboxylic acids is 1. The van der Waals surface area contributed by atoms with Crippen LogP contribution in [0.4, 0.5) is 13.6 Å².